The van der Waals surface area contributed by atoms with Crippen LogP contribution in [-0.4, -0.2) is 13.1 Å². The van der Waals surface area contributed by atoms with Gasteiger partial charge in [0.15, 0.2) is 0 Å². The molecule has 0 heterocycles. The highest BCUT2D eigenvalue weighted by molar-refractivity contribution is 6.30. The molecule has 0 bridgehead atoms. The Hall–Kier alpha value is -1.38. The highest BCUT2D eigenvalue weighted by Gasteiger charge is 2.19. The van der Waals surface area contributed by atoms with E-state index in [0.717, 1.165) is 0 Å². The van der Waals surface area contributed by atoms with Crippen LogP contribution in [0.5, 0.6) is 0 Å². The van der Waals surface area contributed by atoms with Gasteiger partial charge < -0.3 is 5.32 Å². The number of hydrogen-bond acceptors (Lipinski definition) is 1. The maximum Gasteiger partial charge on any atom is 0.145 e. The van der Waals surface area contributed by atoms with Crippen molar-refractivity contribution in [3.05, 3.63) is 70.5 Å². The lowest BCUT2D eigenvalue weighted by Crippen LogP contribution is -2.33. The van der Waals surface area contributed by atoms with Crippen LogP contribution < -0.4 is 5.32 Å². The first-order valence-electron chi connectivity index (χ1n) is 6.78. The second-order valence-electron chi connectivity index (χ2n) is 5.01. The molecule has 0 aromatic heterocycles. The van der Waals surface area contributed by atoms with Gasteiger partial charge >= 0.3 is 0 Å². The molecular formula is C17H19ClFN. The number of benzene rings is 2. The van der Waals surface area contributed by atoms with E-state index < -0.39 is 0 Å². The van der Waals surface area contributed by atoms with Gasteiger partial charge in [-0.3, -0.25) is 0 Å². The smallest absolute Gasteiger partial charge is 0.145 e. The lowest BCUT2D eigenvalue weighted by atomic mass is 9.89. The van der Waals surface area contributed by atoms with E-state index >= 15 is 0 Å². The van der Waals surface area contributed by atoms with Crippen LogP contribution in [0.3, 0.4) is 0 Å². The molecule has 2 atom stereocenters. The maximum absolute atomic E-state index is 14.0. The molecule has 0 radical (unpaired) electrons. The number of hydrogen-bond donors (Lipinski definition) is 1. The van der Waals surface area contributed by atoms with Crippen LogP contribution in [0.4, 0.5) is 4.39 Å². The van der Waals surface area contributed by atoms with Crippen LogP contribution in [0.15, 0.2) is 48.5 Å². The first-order valence-corrected chi connectivity index (χ1v) is 7.16. The van der Waals surface area contributed by atoms with E-state index in [4.69, 9.17) is 11.6 Å². The highest BCUT2D eigenvalue weighted by atomic mass is 35.5. The summed E-state index contributed by atoms with van der Waals surface area (Å²) in [5.41, 5.74) is 1.90. The zero-order valence-corrected chi connectivity index (χ0v) is 12.5. The van der Waals surface area contributed by atoms with E-state index in [2.05, 4.69) is 24.4 Å². The largest absolute Gasteiger partial charge is 0.316 e. The summed E-state index contributed by atoms with van der Waals surface area (Å²) in [6.07, 6.45) is 0.610. The Morgan fingerprint density at radius 1 is 1.10 bits per heavy atom. The number of rotatable bonds is 5. The molecule has 0 aliphatic rings. The third-order valence-electron chi connectivity index (χ3n) is 3.77. The lowest BCUT2D eigenvalue weighted by molar-refractivity contribution is 0.472. The number of halogens is 2. The van der Waals surface area contributed by atoms with Crippen molar-refractivity contribution < 1.29 is 4.39 Å². The summed E-state index contributed by atoms with van der Waals surface area (Å²) in [6, 6.07) is 15.6. The third-order valence-corrected chi connectivity index (χ3v) is 4.06. The highest BCUT2D eigenvalue weighted by Crippen LogP contribution is 2.24. The Morgan fingerprint density at radius 2 is 1.80 bits per heavy atom. The van der Waals surface area contributed by atoms with Crippen LogP contribution in [0.1, 0.15) is 24.0 Å². The fraction of sp³-hybridized carbons (Fsp3) is 0.294. The summed E-state index contributed by atoms with van der Waals surface area (Å²) in [7, 11) is 1.91. The second-order valence-corrected chi connectivity index (χ2v) is 5.42. The first kappa shape index (κ1) is 15.0. The average molecular weight is 292 g/mol. The fourth-order valence-corrected chi connectivity index (χ4v) is 2.65. The van der Waals surface area contributed by atoms with Crippen LogP contribution in [0.2, 0.25) is 5.02 Å². The zero-order chi connectivity index (χ0) is 14.5. The van der Waals surface area contributed by atoms with Gasteiger partial charge in [0.25, 0.3) is 0 Å². The molecule has 0 aliphatic heterocycles. The molecule has 0 saturated carbocycles. The lowest BCUT2D eigenvalue weighted by Gasteiger charge is -2.24. The summed E-state index contributed by atoms with van der Waals surface area (Å²) in [4.78, 5) is 0. The summed E-state index contributed by atoms with van der Waals surface area (Å²) >= 11 is 5.84. The molecule has 2 rings (SSSR count). The molecular weight excluding hydrogens is 273 g/mol. The summed E-state index contributed by atoms with van der Waals surface area (Å²) in [5.74, 6) is -0.0192. The van der Waals surface area contributed by atoms with Gasteiger partial charge in [-0.1, -0.05) is 61.0 Å². The quantitative estimate of drug-likeness (QED) is 0.860. The molecule has 0 fully saturated rings. The van der Waals surface area contributed by atoms with Crippen LogP contribution >= 0.6 is 11.6 Å². The van der Waals surface area contributed by atoms with Crippen molar-refractivity contribution in [1.82, 2.24) is 5.32 Å². The minimum atomic E-state index is -0.310. The predicted octanol–water partition coefficient (Wildman–Crippen LogP) is 4.41. The minimum absolute atomic E-state index is 0.158. The second kappa shape index (κ2) is 6.87. The number of nitrogens with one attached hydrogen (secondary N) is 1. The van der Waals surface area contributed by atoms with Crippen molar-refractivity contribution in [3.8, 4) is 0 Å². The van der Waals surface area contributed by atoms with Crippen molar-refractivity contribution in [2.24, 2.45) is 0 Å². The van der Waals surface area contributed by atoms with Gasteiger partial charge in [0.1, 0.15) is 5.82 Å². The molecule has 0 amide bonds. The number of likely N-dealkylation sites (N-methyl/N-ethyl adjacent to an activating group) is 1. The van der Waals surface area contributed by atoms with Gasteiger partial charge in [-0.25, -0.2) is 4.39 Å². The Morgan fingerprint density at radius 3 is 2.45 bits per heavy atom. The van der Waals surface area contributed by atoms with Crippen molar-refractivity contribution in [2.75, 3.05) is 7.05 Å². The van der Waals surface area contributed by atoms with E-state index in [1.54, 1.807) is 18.2 Å². The average Bonchev–Trinajstić information content (AvgIpc) is 2.49. The van der Waals surface area contributed by atoms with Crippen molar-refractivity contribution in [1.29, 1.82) is 0 Å². The molecule has 20 heavy (non-hydrogen) atoms. The predicted molar refractivity (Wildman–Crippen MR) is 82.8 cm³/mol. The zero-order valence-electron chi connectivity index (χ0n) is 11.7. The molecule has 2 aromatic carbocycles. The third kappa shape index (κ3) is 3.38. The van der Waals surface area contributed by atoms with Gasteiger partial charge in [0.05, 0.1) is 5.02 Å². The SMILES string of the molecule is CNC(Cc1cccc(Cl)c1F)C(C)c1ccccc1. The Labute approximate surface area is 124 Å². The van der Waals surface area contributed by atoms with Crippen molar-refractivity contribution >= 4 is 11.6 Å². The molecule has 2 aromatic rings. The van der Waals surface area contributed by atoms with Gasteiger partial charge in [0.2, 0.25) is 0 Å². The summed E-state index contributed by atoms with van der Waals surface area (Å²) in [5, 5.41) is 3.47. The van der Waals surface area contributed by atoms with Crippen LogP contribution in [0.25, 0.3) is 0 Å². The fourth-order valence-electron chi connectivity index (χ4n) is 2.46. The molecule has 0 saturated heterocycles. The Bertz CT molecular complexity index is 556. The maximum atomic E-state index is 14.0. The van der Waals surface area contributed by atoms with E-state index in [1.165, 1.54) is 5.56 Å². The summed E-state index contributed by atoms with van der Waals surface area (Å²) in [6.45, 7) is 2.15. The topological polar surface area (TPSA) is 12.0 Å². The van der Waals surface area contributed by atoms with Gasteiger partial charge in [0, 0.05) is 6.04 Å². The van der Waals surface area contributed by atoms with E-state index in [9.17, 15) is 4.39 Å². The molecule has 3 heteroatoms. The van der Waals surface area contributed by atoms with Crippen LogP contribution in [0, 0.1) is 5.82 Å². The molecule has 1 N–H and O–H groups in total. The Kier molecular flexibility index (Phi) is 5.16. The minimum Gasteiger partial charge on any atom is -0.316 e. The monoisotopic (exact) mass is 291 g/mol. The first-order chi connectivity index (χ1) is 9.63. The summed E-state index contributed by atoms with van der Waals surface area (Å²) < 4.78 is 14.0. The van der Waals surface area contributed by atoms with Gasteiger partial charge in [-0.05, 0) is 36.6 Å². The van der Waals surface area contributed by atoms with Gasteiger partial charge in [-0.2, -0.15) is 0 Å². The van der Waals surface area contributed by atoms with Crippen LogP contribution in [-0.2, 0) is 6.42 Å². The molecule has 106 valence electrons. The normalized spacial score (nSPS) is 14.0. The Balaban J connectivity index is 2.19. The van der Waals surface area contributed by atoms with E-state index in [1.807, 2.05) is 25.2 Å². The molecule has 2 unspecified atom stereocenters. The van der Waals surface area contributed by atoms with Crippen molar-refractivity contribution in [2.45, 2.75) is 25.3 Å². The van der Waals surface area contributed by atoms with Crippen molar-refractivity contribution in [3.63, 3.8) is 0 Å². The van der Waals surface area contributed by atoms with E-state index in [0.29, 0.717) is 17.9 Å². The molecule has 0 spiro atoms. The molecule has 0 aliphatic carbocycles. The van der Waals surface area contributed by atoms with Gasteiger partial charge in [-0.15, -0.1) is 0 Å². The van der Waals surface area contributed by atoms with E-state index in [-0.39, 0.29) is 16.9 Å². The standard InChI is InChI=1S/C17H19ClFN/c1-12(13-7-4-3-5-8-13)16(20-2)11-14-9-6-10-15(18)17(14)19/h3-10,12,16,20H,11H2,1-2H3. The molecule has 1 nitrogen and oxygen atoms in total.